The van der Waals surface area contributed by atoms with Gasteiger partial charge in [0.2, 0.25) is 0 Å². The number of nitrogens with zero attached hydrogens (tertiary/aromatic N) is 2. The average molecular weight is 477 g/mol. The van der Waals surface area contributed by atoms with E-state index in [0.29, 0.717) is 5.75 Å². The maximum Gasteiger partial charge on any atom is 0.326 e. The number of carbonyl (C=O) groups excluding carboxylic acids is 1. The fourth-order valence-corrected chi connectivity index (χ4v) is 4.55. The molecule has 0 unspecified atom stereocenters. The van der Waals surface area contributed by atoms with Crippen molar-refractivity contribution in [3.05, 3.63) is 51.1 Å². The van der Waals surface area contributed by atoms with E-state index in [2.05, 4.69) is 0 Å². The van der Waals surface area contributed by atoms with Gasteiger partial charge in [0.25, 0.3) is 11.6 Å². The molecule has 0 spiro atoms. The normalized spacial score (nSPS) is 16.1. The molecule has 1 saturated heterocycles. The van der Waals surface area contributed by atoms with Gasteiger partial charge in [-0.2, -0.15) is 0 Å². The van der Waals surface area contributed by atoms with Crippen molar-refractivity contribution < 1.29 is 28.8 Å². The third-order valence-corrected chi connectivity index (χ3v) is 6.01. The molecule has 9 nitrogen and oxygen atoms in total. The number of thioether (sulfide) groups is 1. The van der Waals surface area contributed by atoms with E-state index in [1.807, 2.05) is 13.8 Å². The minimum absolute atomic E-state index is 0.0534. The van der Waals surface area contributed by atoms with Gasteiger partial charge in [-0.1, -0.05) is 37.8 Å². The Morgan fingerprint density at radius 3 is 2.69 bits per heavy atom. The molecule has 11 heteroatoms. The van der Waals surface area contributed by atoms with Crippen molar-refractivity contribution in [2.45, 2.75) is 26.3 Å². The number of aliphatic carboxylic acids is 1. The minimum Gasteiger partial charge on any atom is -0.497 e. The summed E-state index contributed by atoms with van der Waals surface area (Å²) in [7, 11) is 1.41. The Bertz CT molecular complexity index is 1120. The first kappa shape index (κ1) is 23.5. The lowest BCUT2D eigenvalue weighted by atomic mass is 10.0. The monoisotopic (exact) mass is 476 g/mol. The molecule has 32 heavy (non-hydrogen) atoms. The number of nitro benzene ring substituents is 1. The van der Waals surface area contributed by atoms with Gasteiger partial charge in [-0.15, -0.1) is 0 Å². The van der Waals surface area contributed by atoms with Gasteiger partial charge in [0.05, 0.1) is 28.6 Å². The van der Waals surface area contributed by atoms with Gasteiger partial charge < -0.3 is 14.3 Å². The number of amides is 1. The fraction of sp³-hybridized carbons (Fsp3) is 0.286. The Hall–Kier alpha value is -3.18. The van der Waals surface area contributed by atoms with Crippen LogP contribution in [0, 0.1) is 16.0 Å². The van der Waals surface area contributed by atoms with Crippen LogP contribution in [0.15, 0.2) is 39.7 Å². The molecule has 2 aromatic rings. The van der Waals surface area contributed by atoms with E-state index in [4.69, 9.17) is 21.4 Å². The summed E-state index contributed by atoms with van der Waals surface area (Å²) in [5, 5.41) is 21.0. The second-order valence-corrected chi connectivity index (χ2v) is 9.05. The van der Waals surface area contributed by atoms with Crippen LogP contribution < -0.4 is 4.74 Å². The molecule has 1 aliphatic rings. The van der Waals surface area contributed by atoms with Crippen LogP contribution in [0.25, 0.3) is 17.4 Å². The highest BCUT2D eigenvalue weighted by Crippen LogP contribution is 2.37. The van der Waals surface area contributed by atoms with Gasteiger partial charge >= 0.3 is 5.97 Å². The van der Waals surface area contributed by atoms with Crippen molar-refractivity contribution in [1.82, 2.24) is 4.90 Å². The summed E-state index contributed by atoms with van der Waals surface area (Å²) in [6, 6.07) is 6.46. The predicted octanol–water partition coefficient (Wildman–Crippen LogP) is 4.56. The van der Waals surface area contributed by atoms with Gasteiger partial charge in [0.1, 0.15) is 27.6 Å². The number of methoxy groups -OCH3 is 1. The van der Waals surface area contributed by atoms with E-state index < -0.39 is 22.8 Å². The molecule has 168 valence electrons. The number of carboxylic acids is 1. The van der Waals surface area contributed by atoms with Crippen LogP contribution in [0.2, 0.25) is 0 Å². The van der Waals surface area contributed by atoms with Crippen molar-refractivity contribution in [3.63, 3.8) is 0 Å². The molecule has 1 N–H and O–H groups in total. The van der Waals surface area contributed by atoms with Crippen molar-refractivity contribution in [3.8, 4) is 17.1 Å². The molecule has 0 bridgehead atoms. The van der Waals surface area contributed by atoms with Crippen molar-refractivity contribution in [2.75, 3.05) is 7.11 Å². The van der Waals surface area contributed by atoms with E-state index in [0.717, 1.165) is 16.7 Å². The number of benzene rings is 1. The lowest BCUT2D eigenvalue weighted by molar-refractivity contribution is -0.384. The molecule has 1 atom stereocenters. The fourth-order valence-electron chi connectivity index (χ4n) is 3.21. The van der Waals surface area contributed by atoms with Crippen LogP contribution in [-0.2, 0) is 9.59 Å². The molecular formula is C21H20N2O7S2. The molecule has 1 aliphatic heterocycles. The minimum atomic E-state index is -1.12. The number of thiocarbonyl (C=S) groups is 1. The Balaban J connectivity index is 1.90. The number of furan rings is 1. The zero-order valence-electron chi connectivity index (χ0n) is 17.4. The molecule has 1 amide bonds. The molecule has 1 aromatic carbocycles. The molecular weight excluding hydrogens is 456 g/mol. The lowest BCUT2D eigenvalue weighted by Gasteiger charge is -2.24. The highest BCUT2D eigenvalue weighted by Gasteiger charge is 2.40. The zero-order chi connectivity index (χ0) is 23.6. The van der Waals surface area contributed by atoms with Gasteiger partial charge in [0, 0.05) is 6.08 Å². The number of carbonyl (C=O) groups is 2. The highest BCUT2D eigenvalue weighted by atomic mass is 32.2. The number of ether oxygens (including phenoxy) is 1. The van der Waals surface area contributed by atoms with Crippen molar-refractivity contribution in [1.29, 1.82) is 0 Å². The van der Waals surface area contributed by atoms with Crippen LogP contribution in [0.1, 0.15) is 26.0 Å². The van der Waals surface area contributed by atoms with Crippen molar-refractivity contribution in [2.24, 2.45) is 5.92 Å². The summed E-state index contributed by atoms with van der Waals surface area (Å²) in [5.41, 5.74) is 0.0698. The summed E-state index contributed by atoms with van der Waals surface area (Å²) in [6.45, 7) is 3.73. The van der Waals surface area contributed by atoms with Crippen LogP contribution in [-0.4, -0.2) is 44.3 Å². The molecule has 3 rings (SSSR count). The number of rotatable bonds is 8. The largest absolute Gasteiger partial charge is 0.497 e. The highest BCUT2D eigenvalue weighted by molar-refractivity contribution is 8.26. The second kappa shape index (κ2) is 9.53. The van der Waals surface area contributed by atoms with Crippen LogP contribution in [0.5, 0.6) is 5.75 Å². The number of nitro groups is 1. The lowest BCUT2D eigenvalue weighted by Crippen LogP contribution is -2.44. The van der Waals surface area contributed by atoms with Gasteiger partial charge in [-0.05, 0) is 36.6 Å². The topological polar surface area (TPSA) is 123 Å². The van der Waals surface area contributed by atoms with Crippen LogP contribution in [0.3, 0.4) is 0 Å². The summed E-state index contributed by atoms with van der Waals surface area (Å²) < 4.78 is 10.9. The average Bonchev–Trinajstić information content (AvgIpc) is 3.30. The molecule has 0 aliphatic carbocycles. The Morgan fingerprint density at radius 2 is 2.09 bits per heavy atom. The van der Waals surface area contributed by atoms with E-state index in [9.17, 15) is 24.8 Å². The van der Waals surface area contributed by atoms with Gasteiger partial charge in [-0.25, -0.2) is 4.79 Å². The maximum absolute atomic E-state index is 12.9. The summed E-state index contributed by atoms with van der Waals surface area (Å²) >= 11 is 6.25. The molecule has 1 fully saturated rings. The van der Waals surface area contributed by atoms with E-state index in [1.54, 1.807) is 18.2 Å². The third-order valence-electron chi connectivity index (χ3n) is 4.68. The summed E-state index contributed by atoms with van der Waals surface area (Å²) in [6.07, 6.45) is 1.72. The Morgan fingerprint density at radius 1 is 1.38 bits per heavy atom. The van der Waals surface area contributed by atoms with Crippen LogP contribution in [0.4, 0.5) is 5.69 Å². The van der Waals surface area contributed by atoms with E-state index in [1.165, 1.54) is 25.3 Å². The smallest absolute Gasteiger partial charge is 0.326 e. The quantitative estimate of drug-likeness (QED) is 0.253. The summed E-state index contributed by atoms with van der Waals surface area (Å²) in [4.78, 5) is 36.8. The number of carboxylic acid groups (broad SMARTS) is 1. The first-order valence-electron chi connectivity index (χ1n) is 9.54. The zero-order valence-corrected chi connectivity index (χ0v) is 19.1. The predicted molar refractivity (Wildman–Crippen MR) is 123 cm³/mol. The Labute approximate surface area is 193 Å². The van der Waals surface area contributed by atoms with Gasteiger partial charge in [-0.3, -0.25) is 19.8 Å². The maximum atomic E-state index is 12.9. The SMILES string of the molecule is COc1ccc(-c2ccc(/C=C3\SC(=S)N([C@@H](CC(C)C)C(=O)O)C3=O)o2)c([N+](=O)[O-])c1. The Kier molecular flexibility index (Phi) is 6.99. The molecule has 1 aromatic heterocycles. The number of hydrogen-bond donors (Lipinski definition) is 1. The van der Waals surface area contributed by atoms with E-state index >= 15 is 0 Å². The third kappa shape index (κ3) is 4.83. The second-order valence-electron chi connectivity index (χ2n) is 7.38. The van der Waals surface area contributed by atoms with Gasteiger partial charge in [0.15, 0.2) is 0 Å². The van der Waals surface area contributed by atoms with E-state index in [-0.39, 0.29) is 44.3 Å². The summed E-state index contributed by atoms with van der Waals surface area (Å²) in [5.74, 6) is -0.724. The first-order chi connectivity index (χ1) is 15.1. The van der Waals surface area contributed by atoms with Crippen LogP contribution >= 0.6 is 24.0 Å². The standard InChI is InChI=1S/C21H20N2O7S2/c1-11(2)8-16(20(25)26)22-19(24)18(32-21(22)31)10-13-5-7-17(30-13)14-6-4-12(29-3)9-15(14)23(27)28/h4-7,9-11,16H,8H2,1-3H3,(H,25,26)/b18-10-/t16-/m0/s1. The molecule has 2 heterocycles. The van der Waals surface area contributed by atoms with Crippen molar-refractivity contribution >= 4 is 51.9 Å². The molecule has 0 saturated carbocycles. The number of hydrogen-bond acceptors (Lipinski definition) is 8. The molecule has 0 radical (unpaired) electrons. The first-order valence-corrected chi connectivity index (χ1v) is 10.8.